The van der Waals surface area contributed by atoms with Crippen LogP contribution >= 0.6 is 0 Å². The summed E-state index contributed by atoms with van der Waals surface area (Å²) in [7, 11) is 0. The number of aromatic amines is 1. The van der Waals surface area contributed by atoms with Gasteiger partial charge >= 0.3 is 0 Å². The van der Waals surface area contributed by atoms with Crippen LogP contribution in [-0.2, 0) is 11.2 Å². The third-order valence-electron chi connectivity index (χ3n) is 19.1. The molecule has 8 N–H and O–H groups in total. The number of aromatic nitrogens is 2. The number of aryl methyl sites for hydroxylation is 1. The number of aliphatic hydroxyl groups excluding tert-OH is 3. The zero-order valence-corrected chi connectivity index (χ0v) is 40.0. The summed E-state index contributed by atoms with van der Waals surface area (Å²) < 4.78 is 15.6. The molecule has 2 aromatic carbocycles. The number of phenolic OH excluding ortho intramolecular Hbond substituents is 1. The van der Waals surface area contributed by atoms with E-state index in [9.17, 15) is 25.2 Å². The Morgan fingerprint density at radius 2 is 1.77 bits per heavy atom. The molecule has 3 fully saturated rings. The van der Waals surface area contributed by atoms with Crippen molar-refractivity contribution in [1.29, 1.82) is 0 Å². The lowest BCUT2D eigenvalue weighted by Gasteiger charge is -2.50. The van der Waals surface area contributed by atoms with Gasteiger partial charge in [-0.3, -0.25) is 10.1 Å². The van der Waals surface area contributed by atoms with Gasteiger partial charge in [0.15, 0.2) is 17.7 Å². The first kappa shape index (κ1) is 44.7. The van der Waals surface area contributed by atoms with Gasteiger partial charge in [0.2, 0.25) is 0 Å². The molecular weight excluding hydrogens is 877 g/mol. The van der Waals surface area contributed by atoms with Crippen LogP contribution in [0.15, 0.2) is 66.7 Å². The maximum atomic E-state index is 13.7. The smallest absolute Gasteiger partial charge is 0.191 e. The summed E-state index contributed by atoms with van der Waals surface area (Å²) in [6.45, 7) is 0.813. The van der Waals surface area contributed by atoms with Gasteiger partial charge in [0.05, 0.1) is 35.2 Å². The van der Waals surface area contributed by atoms with E-state index in [0.29, 0.717) is 41.4 Å². The molecule has 5 heterocycles. The normalized spacial score (nSPS) is 33.1. The van der Waals surface area contributed by atoms with Crippen molar-refractivity contribution in [2.24, 2.45) is 46.2 Å². The summed E-state index contributed by atoms with van der Waals surface area (Å²) in [6, 6.07) is 7.47. The zero-order chi connectivity index (χ0) is 47.5. The van der Waals surface area contributed by atoms with Crippen LogP contribution in [0.3, 0.4) is 0 Å². The molecule has 6 aliphatic carbocycles. The number of Topliss-reactive ketones (excluding diaryl/α,β-unsaturated/α-hetero) is 1. The van der Waals surface area contributed by atoms with E-state index in [0.717, 1.165) is 73.5 Å². The molecule has 3 aliphatic heterocycles. The molecule has 9 aliphatic rings. The highest BCUT2D eigenvalue weighted by molar-refractivity contribution is 5.85. The number of H-pyrrole nitrogens is 1. The van der Waals surface area contributed by atoms with Crippen molar-refractivity contribution in [1.82, 2.24) is 14.9 Å². The van der Waals surface area contributed by atoms with E-state index < -0.39 is 41.8 Å². The highest BCUT2D eigenvalue weighted by Crippen LogP contribution is 2.64. The minimum atomic E-state index is -1.07. The van der Waals surface area contributed by atoms with Crippen LogP contribution in [0, 0.1) is 64.3 Å². The van der Waals surface area contributed by atoms with Crippen LogP contribution in [0.2, 0.25) is 0 Å². The number of nitrogens with one attached hydrogen (secondary N) is 2. The fourth-order valence-corrected chi connectivity index (χ4v) is 15.7. The second-order valence-electron chi connectivity index (χ2n) is 22.9. The third kappa shape index (κ3) is 7.24. The fraction of sp³-hybridized carbons (Fsp3) is 0.542. The lowest BCUT2D eigenvalue weighted by atomic mass is 9.55. The van der Waals surface area contributed by atoms with E-state index in [4.69, 9.17) is 15.2 Å². The maximum absolute atomic E-state index is 13.7. The van der Waals surface area contributed by atoms with E-state index in [-0.39, 0.29) is 54.0 Å². The van der Waals surface area contributed by atoms with Crippen LogP contribution < -0.4 is 20.5 Å². The first-order valence-corrected chi connectivity index (χ1v) is 26.6. The lowest BCUT2D eigenvalue weighted by Crippen LogP contribution is -2.45. The number of fused-ring (bicyclic) bond motifs is 10. The first-order chi connectivity index (χ1) is 34.1. The van der Waals surface area contributed by atoms with E-state index in [1.807, 2.05) is 6.08 Å². The van der Waals surface area contributed by atoms with Crippen molar-refractivity contribution in [3.05, 3.63) is 100 Å². The Hall–Kier alpha value is -5.27. The number of aromatic hydroxyl groups is 1. The lowest BCUT2D eigenvalue weighted by molar-refractivity contribution is -0.122. The second-order valence-corrected chi connectivity index (χ2v) is 22.9. The number of rotatable bonds is 6. The molecule has 0 unspecified atom stereocenters. The van der Waals surface area contributed by atoms with E-state index in [1.54, 1.807) is 6.07 Å². The number of nitrogens with two attached hydrogens (primary N) is 1. The predicted molar refractivity (Wildman–Crippen MR) is 265 cm³/mol. The molecule has 11 heteroatoms. The van der Waals surface area contributed by atoms with Gasteiger partial charge in [-0.15, -0.1) is 0 Å². The molecule has 0 saturated heterocycles. The number of carbonyl (C=O) groups is 1. The van der Waals surface area contributed by atoms with Crippen molar-refractivity contribution in [3.8, 4) is 41.1 Å². The molecule has 12 atom stereocenters. The molecule has 13 rings (SSSR count). The molecule has 2 bridgehead atoms. The topological polar surface area (TPSA) is 175 Å². The molecule has 3 saturated carbocycles. The minimum Gasteiger partial charge on any atom is -0.508 e. The number of ether oxygens (including phenoxy) is 2. The monoisotopic (exact) mass is 942 g/mol. The number of ketones is 1. The molecule has 364 valence electrons. The molecule has 0 amide bonds. The van der Waals surface area contributed by atoms with E-state index >= 15 is 0 Å². The standard InChI is InChI=1S/C59H66N4O7/c60-56-40-14-13-39-47(65)16-15-45-57(63-31-44-43(30-61-46(44)32-63)55-54(39)53(40)36(29-62-56)28-59(55)19-5-6-20-59)70-52-24-35(48(66)27-51(52)69-22-21-58(45)17-3-4-18-58)11-12-37(64)25-49(67)42-23-34-10-9-33-7-1-2-8-38(33)41(34)26-50(42)68/h9-10,13-14,23-24,27,30-33,36,38,41-42,45,47,49-50,55-57,61-62,65-68H,1-8,11-12,17-20,25-26,28-29,60H2/t33-,36-,38+,41-,42-,45+,47-,49+,50-,55+,56-,57-/m1/s1. The summed E-state index contributed by atoms with van der Waals surface area (Å²) in [6.07, 6.45) is 27.1. The summed E-state index contributed by atoms with van der Waals surface area (Å²) >= 11 is 0. The van der Waals surface area contributed by atoms with Gasteiger partial charge in [-0.25, -0.2) is 0 Å². The molecule has 70 heavy (non-hydrogen) atoms. The van der Waals surface area contributed by atoms with Crippen molar-refractivity contribution in [2.75, 3.05) is 6.54 Å². The summed E-state index contributed by atoms with van der Waals surface area (Å²) in [5.74, 6) is 11.8. The molecule has 4 aromatic rings. The molecule has 0 radical (unpaired) electrons. The quantitative estimate of drug-likeness (QED) is 0.0931. The van der Waals surface area contributed by atoms with Crippen molar-refractivity contribution >= 4 is 16.7 Å². The van der Waals surface area contributed by atoms with Crippen LogP contribution in [0.1, 0.15) is 166 Å². The van der Waals surface area contributed by atoms with E-state index in [1.165, 1.54) is 66.9 Å². The maximum Gasteiger partial charge on any atom is 0.191 e. The summed E-state index contributed by atoms with van der Waals surface area (Å²) in [5, 5.41) is 51.5. The third-order valence-corrected chi connectivity index (χ3v) is 19.1. The predicted octanol–water partition coefficient (Wildman–Crippen LogP) is 9.13. The average molecular weight is 943 g/mol. The number of nitrogens with zero attached hydrogens (tertiary/aromatic N) is 1. The number of aliphatic hydroxyl groups is 3. The Morgan fingerprint density at radius 3 is 2.63 bits per heavy atom. The van der Waals surface area contributed by atoms with Gasteiger partial charge < -0.3 is 45.2 Å². The Kier molecular flexibility index (Phi) is 11.0. The van der Waals surface area contributed by atoms with Crippen molar-refractivity contribution < 1.29 is 34.7 Å². The molecular formula is C59H66N4O7. The molecule has 2 aromatic heterocycles. The number of phenols is 1. The van der Waals surface area contributed by atoms with Gasteiger partial charge in [0.1, 0.15) is 23.7 Å². The number of allylic oxidation sites excluding steroid dienone is 3. The fourth-order valence-electron chi connectivity index (χ4n) is 15.7. The Labute approximate surface area is 410 Å². The van der Waals surface area contributed by atoms with E-state index in [2.05, 4.69) is 81.6 Å². The Bertz CT molecular complexity index is 2950. The van der Waals surface area contributed by atoms with Crippen molar-refractivity contribution in [2.45, 2.75) is 152 Å². The zero-order valence-electron chi connectivity index (χ0n) is 40.0. The SMILES string of the molecule is N[C@@H]1NC[C@H]2CC3(CCCC3)[C@@H]3c4c(ccc1c42)[C@H](O)C#C[C@H]1[C@@H](Oc2cc(CCC(=O)C[C@H](O)[C@H]4C=C5C=C[C@H]6CCCC[C@@H]6[C@@H]5C[C@H]4O)c(O)cc2OC#CC12CCCC2)n1cc2[nH]cc3c2c1. The number of benzene rings is 2. The average Bonchev–Trinajstić information content (AvgIpc) is 4.19. The number of carbonyl (C=O) groups excluding carboxylic acids is 1. The highest BCUT2D eigenvalue weighted by Gasteiger charge is 2.53. The van der Waals surface area contributed by atoms with Gasteiger partial charge in [0, 0.05) is 61.3 Å². The number of hydrogen-bond acceptors (Lipinski definition) is 9. The van der Waals surface area contributed by atoms with Gasteiger partial charge in [-0.1, -0.05) is 86.6 Å². The van der Waals surface area contributed by atoms with Gasteiger partial charge in [0.25, 0.3) is 0 Å². The van der Waals surface area contributed by atoms with Crippen LogP contribution in [0.5, 0.6) is 17.2 Å². The van der Waals surface area contributed by atoms with Crippen LogP contribution in [0.25, 0.3) is 10.9 Å². The Morgan fingerprint density at radius 1 is 0.957 bits per heavy atom. The Balaban J connectivity index is 0.840. The van der Waals surface area contributed by atoms with Gasteiger partial charge in [-0.05, 0) is 132 Å². The van der Waals surface area contributed by atoms with Crippen LogP contribution in [-0.4, -0.2) is 54.5 Å². The molecule has 2 spiro atoms. The summed E-state index contributed by atoms with van der Waals surface area (Å²) in [5.41, 5.74) is 14.6. The second kappa shape index (κ2) is 17.2. The highest BCUT2D eigenvalue weighted by atomic mass is 16.5. The number of hydrogen-bond donors (Lipinski definition) is 7. The molecule has 11 nitrogen and oxygen atoms in total. The summed E-state index contributed by atoms with van der Waals surface area (Å²) in [4.78, 5) is 17.4. The first-order valence-electron chi connectivity index (χ1n) is 26.6. The minimum absolute atomic E-state index is 0.0150. The largest absolute Gasteiger partial charge is 0.508 e. The van der Waals surface area contributed by atoms with Crippen LogP contribution in [0.4, 0.5) is 0 Å². The van der Waals surface area contributed by atoms with Crippen molar-refractivity contribution in [3.63, 3.8) is 0 Å². The van der Waals surface area contributed by atoms with Gasteiger partial charge in [-0.2, -0.15) is 0 Å².